The molecule has 0 bridgehead atoms. The van der Waals surface area contributed by atoms with Crippen LogP contribution < -0.4 is 0 Å². The molecule has 2 aromatic rings. The van der Waals surface area contributed by atoms with Crippen LogP contribution in [0.3, 0.4) is 0 Å². The van der Waals surface area contributed by atoms with Crippen molar-refractivity contribution in [3.8, 4) is 0 Å². The number of halogens is 1. The molecule has 1 aromatic carbocycles. The second kappa shape index (κ2) is 5.29. The van der Waals surface area contributed by atoms with E-state index in [1.807, 2.05) is 40.9 Å². The number of rotatable bonds is 2. The van der Waals surface area contributed by atoms with Gasteiger partial charge in [0, 0.05) is 31.2 Å². The summed E-state index contributed by atoms with van der Waals surface area (Å²) in [6.45, 7) is 1.18. The minimum atomic E-state index is 0.169. The number of aromatic nitrogens is 2. The van der Waals surface area contributed by atoms with Crippen LogP contribution in [0.2, 0.25) is 5.02 Å². The Hall–Kier alpha value is -1.81. The molecule has 1 amide bonds. The molecule has 104 valence electrons. The first-order valence-electron chi connectivity index (χ1n) is 6.64. The molecule has 0 aliphatic carbocycles. The molecule has 0 N–H and O–H groups in total. The molecule has 0 fully saturated rings. The number of aryl methyl sites for hydroxylation is 2. The van der Waals surface area contributed by atoms with Gasteiger partial charge in [-0.1, -0.05) is 17.7 Å². The van der Waals surface area contributed by atoms with Gasteiger partial charge in [-0.05, 0) is 29.7 Å². The number of amides is 1. The molecule has 0 saturated carbocycles. The molecule has 1 aliphatic rings. The summed E-state index contributed by atoms with van der Waals surface area (Å²) in [6.07, 6.45) is 4.99. The predicted molar refractivity (Wildman–Crippen MR) is 77.2 cm³/mol. The SMILES string of the molecule is Cn1cnc(CN2Cc3ccc(Cl)cc3CCC2=O)c1. The van der Waals surface area contributed by atoms with Crippen molar-refractivity contribution < 1.29 is 4.79 Å². The van der Waals surface area contributed by atoms with Gasteiger partial charge in [-0.2, -0.15) is 0 Å². The van der Waals surface area contributed by atoms with Gasteiger partial charge in [0.1, 0.15) is 0 Å². The Kier molecular flexibility index (Phi) is 3.49. The van der Waals surface area contributed by atoms with Crippen molar-refractivity contribution in [3.63, 3.8) is 0 Å². The van der Waals surface area contributed by atoms with Crippen molar-refractivity contribution >= 4 is 17.5 Å². The van der Waals surface area contributed by atoms with E-state index in [1.54, 1.807) is 6.33 Å². The highest BCUT2D eigenvalue weighted by atomic mass is 35.5. The normalized spacial score (nSPS) is 15.1. The van der Waals surface area contributed by atoms with E-state index < -0.39 is 0 Å². The number of imidazole rings is 1. The third-order valence-electron chi connectivity index (χ3n) is 3.60. The second-order valence-electron chi connectivity index (χ2n) is 5.19. The predicted octanol–water partition coefficient (Wildman–Crippen LogP) is 2.55. The van der Waals surface area contributed by atoms with E-state index in [1.165, 1.54) is 11.1 Å². The van der Waals surface area contributed by atoms with Gasteiger partial charge in [0.05, 0.1) is 18.6 Å². The summed E-state index contributed by atoms with van der Waals surface area (Å²) in [5.41, 5.74) is 3.27. The molecule has 2 heterocycles. The van der Waals surface area contributed by atoms with E-state index in [0.717, 1.165) is 17.1 Å². The fraction of sp³-hybridized carbons (Fsp3) is 0.333. The zero-order valence-electron chi connectivity index (χ0n) is 11.3. The first-order valence-corrected chi connectivity index (χ1v) is 7.01. The van der Waals surface area contributed by atoms with Gasteiger partial charge in [0.2, 0.25) is 5.91 Å². The van der Waals surface area contributed by atoms with E-state index in [0.29, 0.717) is 19.5 Å². The summed E-state index contributed by atoms with van der Waals surface area (Å²) in [5.74, 6) is 0.169. The van der Waals surface area contributed by atoms with Crippen LogP contribution in [0.5, 0.6) is 0 Å². The maximum absolute atomic E-state index is 12.2. The molecule has 0 unspecified atom stereocenters. The van der Waals surface area contributed by atoms with Crippen molar-refractivity contribution in [3.05, 3.63) is 52.6 Å². The number of fused-ring (bicyclic) bond motifs is 1. The van der Waals surface area contributed by atoms with Crippen molar-refractivity contribution in [2.45, 2.75) is 25.9 Å². The maximum atomic E-state index is 12.2. The van der Waals surface area contributed by atoms with Gasteiger partial charge in [0.25, 0.3) is 0 Å². The van der Waals surface area contributed by atoms with E-state index in [9.17, 15) is 4.79 Å². The number of hydrogen-bond acceptors (Lipinski definition) is 2. The molecule has 0 saturated heterocycles. The van der Waals surface area contributed by atoms with Crippen LogP contribution in [0.15, 0.2) is 30.7 Å². The summed E-state index contributed by atoms with van der Waals surface area (Å²) in [6, 6.07) is 5.87. The smallest absolute Gasteiger partial charge is 0.223 e. The van der Waals surface area contributed by atoms with Crippen LogP contribution >= 0.6 is 11.6 Å². The number of nitrogens with zero attached hydrogens (tertiary/aromatic N) is 3. The van der Waals surface area contributed by atoms with Crippen molar-refractivity contribution in [2.24, 2.45) is 7.05 Å². The summed E-state index contributed by atoms with van der Waals surface area (Å²) in [7, 11) is 1.93. The molecule has 4 nitrogen and oxygen atoms in total. The first kappa shape index (κ1) is 13.2. The van der Waals surface area contributed by atoms with E-state index in [4.69, 9.17) is 11.6 Å². The lowest BCUT2D eigenvalue weighted by molar-refractivity contribution is -0.132. The van der Waals surface area contributed by atoms with Gasteiger partial charge < -0.3 is 9.47 Å². The van der Waals surface area contributed by atoms with Gasteiger partial charge in [-0.25, -0.2) is 4.98 Å². The Morgan fingerprint density at radius 1 is 1.30 bits per heavy atom. The lowest BCUT2D eigenvalue weighted by Crippen LogP contribution is -2.28. The molecule has 1 aliphatic heterocycles. The van der Waals surface area contributed by atoms with Crippen molar-refractivity contribution in [1.29, 1.82) is 0 Å². The Bertz CT molecular complexity index is 650. The standard InChI is InChI=1S/C15H16ClN3O/c1-18-8-14(17-10-18)9-19-7-12-2-4-13(16)6-11(12)3-5-15(19)20/h2,4,6,8,10H,3,5,7,9H2,1H3. The van der Waals surface area contributed by atoms with Gasteiger partial charge in [0.15, 0.2) is 0 Å². The third kappa shape index (κ3) is 2.70. The highest BCUT2D eigenvalue weighted by Crippen LogP contribution is 2.23. The average Bonchev–Trinajstić information content (AvgIpc) is 2.76. The Labute approximate surface area is 123 Å². The van der Waals surface area contributed by atoms with E-state index >= 15 is 0 Å². The van der Waals surface area contributed by atoms with Crippen LogP contribution in [-0.4, -0.2) is 20.4 Å². The summed E-state index contributed by atoms with van der Waals surface area (Å²) in [5, 5.41) is 0.731. The molecular formula is C15H16ClN3O. The Morgan fingerprint density at radius 3 is 2.90 bits per heavy atom. The van der Waals surface area contributed by atoms with Crippen LogP contribution in [0.25, 0.3) is 0 Å². The zero-order valence-corrected chi connectivity index (χ0v) is 12.1. The van der Waals surface area contributed by atoms with Crippen molar-refractivity contribution in [1.82, 2.24) is 14.5 Å². The van der Waals surface area contributed by atoms with Crippen molar-refractivity contribution in [2.75, 3.05) is 0 Å². The fourth-order valence-electron chi connectivity index (χ4n) is 2.56. The monoisotopic (exact) mass is 289 g/mol. The van der Waals surface area contributed by atoms with E-state index in [-0.39, 0.29) is 5.91 Å². The van der Waals surface area contributed by atoms with Crippen LogP contribution in [0.1, 0.15) is 23.2 Å². The molecule has 3 rings (SSSR count). The third-order valence-corrected chi connectivity index (χ3v) is 3.84. The molecule has 5 heteroatoms. The quantitative estimate of drug-likeness (QED) is 0.852. The number of carbonyl (C=O) groups is 1. The lowest BCUT2D eigenvalue weighted by Gasteiger charge is -2.20. The number of hydrogen-bond donors (Lipinski definition) is 0. The summed E-state index contributed by atoms with van der Waals surface area (Å²) >= 11 is 6.02. The van der Waals surface area contributed by atoms with Gasteiger partial charge >= 0.3 is 0 Å². The van der Waals surface area contributed by atoms with Gasteiger partial charge in [-0.15, -0.1) is 0 Å². The summed E-state index contributed by atoms with van der Waals surface area (Å²) in [4.78, 5) is 18.4. The zero-order chi connectivity index (χ0) is 14.1. The molecule has 0 atom stereocenters. The minimum absolute atomic E-state index is 0.169. The first-order chi connectivity index (χ1) is 9.61. The maximum Gasteiger partial charge on any atom is 0.223 e. The Balaban J connectivity index is 1.84. The summed E-state index contributed by atoms with van der Waals surface area (Å²) < 4.78 is 1.89. The average molecular weight is 290 g/mol. The molecule has 0 radical (unpaired) electrons. The topological polar surface area (TPSA) is 38.1 Å². The van der Waals surface area contributed by atoms with E-state index in [2.05, 4.69) is 4.98 Å². The van der Waals surface area contributed by atoms with Gasteiger partial charge in [-0.3, -0.25) is 4.79 Å². The molecular weight excluding hydrogens is 274 g/mol. The largest absolute Gasteiger partial charge is 0.340 e. The second-order valence-corrected chi connectivity index (χ2v) is 5.63. The van der Waals surface area contributed by atoms with Crippen LogP contribution in [0, 0.1) is 0 Å². The minimum Gasteiger partial charge on any atom is -0.340 e. The molecule has 1 aromatic heterocycles. The highest BCUT2D eigenvalue weighted by Gasteiger charge is 2.21. The molecule has 20 heavy (non-hydrogen) atoms. The van der Waals surface area contributed by atoms with Crippen LogP contribution in [0.4, 0.5) is 0 Å². The fourth-order valence-corrected chi connectivity index (χ4v) is 2.76. The Morgan fingerprint density at radius 2 is 2.15 bits per heavy atom. The number of benzene rings is 1. The van der Waals surface area contributed by atoms with Crippen LogP contribution in [-0.2, 0) is 31.4 Å². The lowest BCUT2D eigenvalue weighted by atomic mass is 10.0. The highest BCUT2D eigenvalue weighted by molar-refractivity contribution is 6.30. The molecule has 0 spiro atoms. The number of carbonyl (C=O) groups excluding carboxylic acids is 1.